The molecule has 4 rings (SSSR count). The predicted octanol–water partition coefficient (Wildman–Crippen LogP) is 3.28. The largest absolute Gasteiger partial charge is 0.421 e. The van der Waals surface area contributed by atoms with Crippen LogP contribution in [-0.2, 0) is 5.60 Å². The predicted molar refractivity (Wildman–Crippen MR) is 104 cm³/mol. The van der Waals surface area contributed by atoms with Crippen molar-refractivity contribution in [2.75, 3.05) is 18.4 Å². The SMILES string of the molecule is CC(O)(c1ccc2ncc(-c3cccc(N[C@H]4CNCC[C@@H]4F)n3)n2c1)C(F)(F)F. The molecule has 0 saturated carbocycles. The van der Waals surface area contributed by atoms with Crippen LogP contribution in [0.15, 0.2) is 42.7 Å². The van der Waals surface area contributed by atoms with Gasteiger partial charge in [-0.3, -0.25) is 4.40 Å². The number of alkyl halides is 4. The number of imidazole rings is 1. The van der Waals surface area contributed by atoms with Crippen molar-refractivity contribution < 1.29 is 22.7 Å². The number of anilines is 1. The molecule has 1 fully saturated rings. The van der Waals surface area contributed by atoms with E-state index in [4.69, 9.17) is 0 Å². The molecule has 0 aromatic carbocycles. The first-order valence-electron chi connectivity index (χ1n) is 9.52. The normalized spacial score (nSPS) is 22.1. The molecule has 0 aliphatic carbocycles. The Morgan fingerprint density at radius 1 is 1.23 bits per heavy atom. The van der Waals surface area contributed by atoms with E-state index in [1.807, 2.05) is 0 Å². The number of aliphatic hydroxyl groups is 1. The van der Waals surface area contributed by atoms with Crippen LogP contribution in [0.2, 0.25) is 0 Å². The van der Waals surface area contributed by atoms with Crippen LogP contribution >= 0.6 is 0 Å². The van der Waals surface area contributed by atoms with E-state index in [0.29, 0.717) is 49.3 Å². The number of fused-ring (bicyclic) bond motifs is 1. The molecule has 6 nitrogen and oxygen atoms in total. The van der Waals surface area contributed by atoms with E-state index >= 15 is 0 Å². The van der Waals surface area contributed by atoms with E-state index < -0.39 is 24.0 Å². The van der Waals surface area contributed by atoms with E-state index in [9.17, 15) is 22.7 Å². The summed E-state index contributed by atoms with van der Waals surface area (Å²) in [5, 5.41) is 16.2. The first-order valence-corrected chi connectivity index (χ1v) is 9.52. The number of nitrogens with one attached hydrogen (secondary N) is 2. The van der Waals surface area contributed by atoms with E-state index in [1.54, 1.807) is 18.2 Å². The Bertz CT molecular complexity index is 1050. The van der Waals surface area contributed by atoms with Gasteiger partial charge in [-0.25, -0.2) is 14.4 Å². The van der Waals surface area contributed by atoms with Crippen molar-refractivity contribution in [2.24, 2.45) is 0 Å². The lowest BCUT2D eigenvalue weighted by Gasteiger charge is -2.28. The average Bonchev–Trinajstić information content (AvgIpc) is 3.12. The lowest BCUT2D eigenvalue weighted by molar-refractivity contribution is -0.259. The van der Waals surface area contributed by atoms with Crippen LogP contribution in [0.5, 0.6) is 0 Å². The van der Waals surface area contributed by atoms with Crippen LogP contribution in [0.3, 0.4) is 0 Å². The maximum absolute atomic E-state index is 14.1. The van der Waals surface area contributed by atoms with E-state index in [-0.39, 0.29) is 5.56 Å². The standard InChI is InChI=1S/C20H21F4N5O/c1-19(30,20(22,23)24)12-5-6-18-26-10-16(29(18)11-12)14-3-2-4-17(27-14)28-15-9-25-8-7-13(15)21/h2-6,10-11,13,15,25,30H,7-9H2,1H3,(H,27,28)/t13-,15-,19?/m0/s1. The van der Waals surface area contributed by atoms with Gasteiger partial charge >= 0.3 is 6.18 Å². The van der Waals surface area contributed by atoms with Gasteiger partial charge in [0.15, 0.2) is 5.60 Å². The number of aromatic nitrogens is 3. The molecule has 1 unspecified atom stereocenters. The zero-order valence-corrected chi connectivity index (χ0v) is 16.1. The molecule has 0 bridgehead atoms. The van der Waals surface area contributed by atoms with Gasteiger partial charge in [-0.15, -0.1) is 0 Å². The molecule has 4 heterocycles. The maximum Gasteiger partial charge on any atom is 0.421 e. The average molecular weight is 423 g/mol. The van der Waals surface area contributed by atoms with Crippen LogP contribution in [0.25, 0.3) is 17.0 Å². The Hall–Kier alpha value is -2.72. The molecule has 30 heavy (non-hydrogen) atoms. The quantitative estimate of drug-likeness (QED) is 0.562. The second-order valence-corrected chi connectivity index (χ2v) is 7.53. The Morgan fingerprint density at radius 2 is 2.03 bits per heavy atom. The summed E-state index contributed by atoms with van der Waals surface area (Å²) < 4.78 is 55.3. The molecule has 3 atom stereocenters. The van der Waals surface area contributed by atoms with Crippen LogP contribution < -0.4 is 10.6 Å². The van der Waals surface area contributed by atoms with Crippen LogP contribution in [0.1, 0.15) is 18.9 Å². The molecular formula is C20H21F4N5O. The zero-order chi connectivity index (χ0) is 21.5. The molecule has 0 amide bonds. The number of pyridine rings is 2. The molecule has 1 aliphatic heterocycles. The summed E-state index contributed by atoms with van der Waals surface area (Å²) in [5.74, 6) is 0.456. The van der Waals surface area contributed by atoms with E-state index in [1.165, 1.54) is 28.9 Å². The van der Waals surface area contributed by atoms with Gasteiger partial charge in [-0.1, -0.05) is 12.1 Å². The number of nitrogens with zero attached hydrogens (tertiary/aromatic N) is 3. The summed E-state index contributed by atoms with van der Waals surface area (Å²) in [6.07, 6.45) is -2.73. The van der Waals surface area contributed by atoms with Crippen LogP contribution in [0.4, 0.5) is 23.4 Å². The third kappa shape index (κ3) is 3.72. The molecule has 160 valence electrons. The van der Waals surface area contributed by atoms with Crippen molar-refractivity contribution in [1.82, 2.24) is 19.7 Å². The summed E-state index contributed by atoms with van der Waals surface area (Å²) in [4.78, 5) is 8.69. The lowest BCUT2D eigenvalue weighted by Crippen LogP contribution is -2.46. The summed E-state index contributed by atoms with van der Waals surface area (Å²) in [7, 11) is 0. The minimum Gasteiger partial charge on any atom is -0.376 e. The monoisotopic (exact) mass is 423 g/mol. The van der Waals surface area contributed by atoms with Gasteiger partial charge in [0.2, 0.25) is 0 Å². The minimum atomic E-state index is -4.83. The summed E-state index contributed by atoms with van der Waals surface area (Å²) in [6, 6.07) is 7.30. The highest BCUT2D eigenvalue weighted by atomic mass is 19.4. The van der Waals surface area contributed by atoms with Crippen LogP contribution in [-0.4, -0.2) is 51.0 Å². The Morgan fingerprint density at radius 3 is 2.77 bits per heavy atom. The molecule has 1 aliphatic rings. The third-order valence-corrected chi connectivity index (χ3v) is 5.36. The molecule has 1 saturated heterocycles. The van der Waals surface area contributed by atoms with Gasteiger partial charge in [0.25, 0.3) is 0 Å². The van der Waals surface area contributed by atoms with Crippen molar-refractivity contribution >= 4 is 11.5 Å². The smallest absolute Gasteiger partial charge is 0.376 e. The fourth-order valence-corrected chi connectivity index (χ4v) is 3.44. The molecule has 3 N–H and O–H groups in total. The second-order valence-electron chi connectivity index (χ2n) is 7.53. The molecule has 3 aromatic heterocycles. The summed E-state index contributed by atoms with van der Waals surface area (Å²) in [6.45, 7) is 1.80. The summed E-state index contributed by atoms with van der Waals surface area (Å²) in [5.41, 5.74) is -2.01. The summed E-state index contributed by atoms with van der Waals surface area (Å²) >= 11 is 0. The van der Waals surface area contributed by atoms with E-state index in [2.05, 4.69) is 20.6 Å². The topological polar surface area (TPSA) is 74.5 Å². The number of hydrogen-bond acceptors (Lipinski definition) is 5. The number of hydrogen-bond donors (Lipinski definition) is 3. The molecule has 0 radical (unpaired) electrons. The van der Waals surface area contributed by atoms with Crippen molar-refractivity contribution in [3.05, 3.63) is 48.3 Å². The first kappa shape index (κ1) is 20.5. The number of rotatable bonds is 4. The highest BCUT2D eigenvalue weighted by Gasteiger charge is 2.51. The van der Waals surface area contributed by atoms with Gasteiger partial charge < -0.3 is 15.7 Å². The van der Waals surface area contributed by atoms with Gasteiger partial charge in [-0.05, 0) is 38.1 Å². The van der Waals surface area contributed by atoms with Gasteiger partial charge in [0, 0.05) is 18.3 Å². The van der Waals surface area contributed by atoms with Crippen molar-refractivity contribution in [2.45, 2.75) is 37.3 Å². The highest BCUT2D eigenvalue weighted by Crippen LogP contribution is 2.38. The molecule has 0 spiro atoms. The fraction of sp³-hybridized carbons (Fsp3) is 0.400. The third-order valence-electron chi connectivity index (χ3n) is 5.36. The Kier molecular flexibility index (Phi) is 5.15. The molecule has 3 aromatic rings. The van der Waals surface area contributed by atoms with E-state index in [0.717, 1.165) is 0 Å². The maximum atomic E-state index is 14.1. The minimum absolute atomic E-state index is 0.315. The second kappa shape index (κ2) is 7.51. The van der Waals surface area contributed by atoms with Crippen LogP contribution in [0, 0.1) is 0 Å². The van der Waals surface area contributed by atoms with Gasteiger partial charge in [0.1, 0.15) is 17.6 Å². The van der Waals surface area contributed by atoms with Crippen molar-refractivity contribution in [3.8, 4) is 11.4 Å². The van der Waals surface area contributed by atoms with Gasteiger partial charge in [-0.2, -0.15) is 13.2 Å². The number of halogens is 4. The Balaban J connectivity index is 1.69. The van der Waals surface area contributed by atoms with Crippen molar-refractivity contribution in [1.29, 1.82) is 0 Å². The number of piperidine rings is 1. The zero-order valence-electron chi connectivity index (χ0n) is 16.1. The Labute approximate surface area is 170 Å². The highest BCUT2D eigenvalue weighted by molar-refractivity contribution is 5.62. The van der Waals surface area contributed by atoms with Crippen molar-refractivity contribution in [3.63, 3.8) is 0 Å². The lowest BCUT2D eigenvalue weighted by atomic mass is 9.97. The molecule has 10 heteroatoms. The fourth-order valence-electron chi connectivity index (χ4n) is 3.44. The molecular weight excluding hydrogens is 402 g/mol. The first-order chi connectivity index (χ1) is 14.2. The van der Waals surface area contributed by atoms with Gasteiger partial charge in [0.05, 0.1) is 23.6 Å².